The molecule has 0 bridgehead atoms. The third-order valence-electron chi connectivity index (χ3n) is 4.56. The molecule has 1 N–H and O–H groups in total. The van der Waals surface area contributed by atoms with Gasteiger partial charge >= 0.3 is 0 Å². The lowest BCUT2D eigenvalue weighted by Crippen LogP contribution is -2.15. The molecule has 1 aromatic heterocycles. The second kappa shape index (κ2) is 7.89. The van der Waals surface area contributed by atoms with Crippen LogP contribution in [-0.2, 0) is 0 Å². The average Bonchev–Trinajstić information content (AvgIpc) is 3.16. The van der Waals surface area contributed by atoms with E-state index in [2.05, 4.69) is 15.4 Å². The standard InChI is InChI=1S/C23H19ClN4O/c1-15-10-12-19(13-11-15)28-22(17-7-5-8-18(24)14-17)26-21(27-28)23(29)25-20-9-4-3-6-16(20)2/h3-14H,1-2H3,(H,25,29). The molecule has 0 saturated heterocycles. The van der Waals surface area contributed by atoms with Crippen LogP contribution in [0.1, 0.15) is 21.7 Å². The van der Waals surface area contributed by atoms with Gasteiger partial charge in [-0.3, -0.25) is 4.79 Å². The highest BCUT2D eigenvalue weighted by Gasteiger charge is 2.19. The fourth-order valence-corrected chi connectivity index (χ4v) is 3.17. The maximum absolute atomic E-state index is 12.8. The van der Waals surface area contributed by atoms with E-state index in [1.165, 1.54) is 0 Å². The number of hydrogen-bond acceptors (Lipinski definition) is 3. The van der Waals surface area contributed by atoms with E-state index in [1.54, 1.807) is 16.8 Å². The molecule has 0 unspecified atom stereocenters. The fourth-order valence-electron chi connectivity index (χ4n) is 2.98. The van der Waals surface area contributed by atoms with Crippen molar-refractivity contribution >= 4 is 23.2 Å². The monoisotopic (exact) mass is 402 g/mol. The molecule has 3 aromatic carbocycles. The lowest BCUT2D eigenvalue weighted by atomic mass is 10.2. The second-order valence-corrected chi connectivity index (χ2v) is 7.22. The molecule has 29 heavy (non-hydrogen) atoms. The number of aromatic nitrogens is 3. The van der Waals surface area contributed by atoms with Crippen molar-refractivity contribution in [1.82, 2.24) is 14.8 Å². The molecule has 0 aliphatic rings. The van der Waals surface area contributed by atoms with Crippen molar-refractivity contribution in [2.75, 3.05) is 5.32 Å². The Balaban J connectivity index is 1.78. The van der Waals surface area contributed by atoms with Crippen molar-refractivity contribution in [2.24, 2.45) is 0 Å². The zero-order chi connectivity index (χ0) is 20.4. The van der Waals surface area contributed by atoms with Gasteiger partial charge in [-0.2, -0.15) is 0 Å². The largest absolute Gasteiger partial charge is 0.319 e. The van der Waals surface area contributed by atoms with E-state index in [0.717, 1.165) is 28.1 Å². The molecule has 0 spiro atoms. The number of amides is 1. The molecular formula is C23H19ClN4O. The normalized spacial score (nSPS) is 10.7. The summed E-state index contributed by atoms with van der Waals surface area (Å²) < 4.78 is 1.66. The number of para-hydroxylation sites is 1. The number of carbonyl (C=O) groups is 1. The molecule has 0 atom stereocenters. The first kappa shape index (κ1) is 18.9. The molecule has 6 heteroatoms. The molecule has 0 fully saturated rings. The SMILES string of the molecule is Cc1ccc(-n2nc(C(=O)Nc3ccccc3C)nc2-c2cccc(Cl)c2)cc1. The molecule has 144 valence electrons. The van der Waals surface area contributed by atoms with Crippen LogP contribution in [0.4, 0.5) is 5.69 Å². The van der Waals surface area contributed by atoms with Crippen LogP contribution in [0.15, 0.2) is 72.8 Å². The fraction of sp³-hybridized carbons (Fsp3) is 0.0870. The second-order valence-electron chi connectivity index (χ2n) is 6.79. The number of benzene rings is 3. The van der Waals surface area contributed by atoms with E-state index in [1.807, 2.05) is 74.5 Å². The Kier molecular flexibility index (Phi) is 5.14. The number of anilines is 1. The number of nitrogens with zero attached hydrogens (tertiary/aromatic N) is 3. The van der Waals surface area contributed by atoms with Crippen molar-refractivity contribution in [2.45, 2.75) is 13.8 Å². The van der Waals surface area contributed by atoms with Crippen molar-refractivity contribution < 1.29 is 4.79 Å². The average molecular weight is 403 g/mol. The minimum Gasteiger partial charge on any atom is -0.319 e. The summed E-state index contributed by atoms with van der Waals surface area (Å²) in [5.74, 6) is 0.267. The van der Waals surface area contributed by atoms with E-state index in [4.69, 9.17) is 11.6 Å². The topological polar surface area (TPSA) is 59.8 Å². The van der Waals surface area contributed by atoms with Crippen LogP contribution < -0.4 is 5.32 Å². The number of nitrogens with one attached hydrogen (secondary N) is 1. The zero-order valence-electron chi connectivity index (χ0n) is 16.1. The van der Waals surface area contributed by atoms with E-state index in [0.29, 0.717) is 10.8 Å². The summed E-state index contributed by atoms with van der Waals surface area (Å²) in [5.41, 5.74) is 4.42. The Morgan fingerprint density at radius 3 is 2.45 bits per heavy atom. The Morgan fingerprint density at radius 1 is 0.966 bits per heavy atom. The van der Waals surface area contributed by atoms with Gasteiger partial charge in [0.25, 0.3) is 5.91 Å². The van der Waals surface area contributed by atoms with Crippen LogP contribution in [0.5, 0.6) is 0 Å². The van der Waals surface area contributed by atoms with E-state index in [-0.39, 0.29) is 11.7 Å². The quantitative estimate of drug-likeness (QED) is 0.493. The summed E-state index contributed by atoms with van der Waals surface area (Å²) in [4.78, 5) is 17.4. The summed E-state index contributed by atoms with van der Waals surface area (Å²) in [6, 6.07) is 22.8. The number of carbonyl (C=O) groups excluding carboxylic acids is 1. The highest BCUT2D eigenvalue weighted by Crippen LogP contribution is 2.24. The highest BCUT2D eigenvalue weighted by atomic mass is 35.5. The molecular weight excluding hydrogens is 384 g/mol. The molecule has 5 nitrogen and oxygen atoms in total. The first-order chi connectivity index (χ1) is 14.0. The van der Waals surface area contributed by atoms with Gasteiger partial charge in [-0.25, -0.2) is 9.67 Å². The van der Waals surface area contributed by atoms with Gasteiger partial charge < -0.3 is 5.32 Å². The zero-order valence-corrected chi connectivity index (χ0v) is 16.8. The van der Waals surface area contributed by atoms with E-state index < -0.39 is 0 Å². The van der Waals surface area contributed by atoms with Gasteiger partial charge in [-0.15, -0.1) is 5.10 Å². The van der Waals surface area contributed by atoms with Crippen LogP contribution in [-0.4, -0.2) is 20.7 Å². The van der Waals surface area contributed by atoms with Gasteiger partial charge in [0.05, 0.1) is 5.69 Å². The minimum absolute atomic E-state index is 0.0869. The maximum Gasteiger partial charge on any atom is 0.295 e. The van der Waals surface area contributed by atoms with Gasteiger partial charge in [0.2, 0.25) is 5.82 Å². The van der Waals surface area contributed by atoms with Crippen LogP contribution in [0, 0.1) is 13.8 Å². The number of halogens is 1. The van der Waals surface area contributed by atoms with Crippen LogP contribution in [0.3, 0.4) is 0 Å². The van der Waals surface area contributed by atoms with Gasteiger partial charge in [0.1, 0.15) is 0 Å². The Labute approximate surface area is 174 Å². The minimum atomic E-state index is -0.367. The van der Waals surface area contributed by atoms with Gasteiger partial charge in [-0.05, 0) is 49.7 Å². The number of hydrogen-bond donors (Lipinski definition) is 1. The van der Waals surface area contributed by atoms with Crippen molar-refractivity contribution in [3.63, 3.8) is 0 Å². The van der Waals surface area contributed by atoms with Crippen molar-refractivity contribution in [1.29, 1.82) is 0 Å². The van der Waals surface area contributed by atoms with Gasteiger partial charge in [0.15, 0.2) is 5.82 Å². The Bertz CT molecular complexity index is 1180. The third-order valence-corrected chi connectivity index (χ3v) is 4.80. The number of aryl methyl sites for hydroxylation is 2. The molecule has 0 radical (unpaired) electrons. The lowest BCUT2D eigenvalue weighted by molar-refractivity contribution is 0.101. The van der Waals surface area contributed by atoms with Crippen LogP contribution in [0.25, 0.3) is 17.1 Å². The van der Waals surface area contributed by atoms with Crippen molar-refractivity contribution in [3.8, 4) is 17.1 Å². The lowest BCUT2D eigenvalue weighted by Gasteiger charge is -2.06. The van der Waals surface area contributed by atoms with Gasteiger partial charge in [-0.1, -0.05) is 59.6 Å². The van der Waals surface area contributed by atoms with E-state index >= 15 is 0 Å². The molecule has 0 aliphatic heterocycles. The third kappa shape index (κ3) is 4.05. The summed E-state index contributed by atoms with van der Waals surface area (Å²) in [6.07, 6.45) is 0. The highest BCUT2D eigenvalue weighted by molar-refractivity contribution is 6.30. The summed E-state index contributed by atoms with van der Waals surface area (Å²) in [5, 5.41) is 7.97. The van der Waals surface area contributed by atoms with Crippen LogP contribution >= 0.6 is 11.6 Å². The predicted molar refractivity (Wildman–Crippen MR) is 116 cm³/mol. The first-order valence-corrected chi connectivity index (χ1v) is 9.56. The summed E-state index contributed by atoms with van der Waals surface area (Å²) in [7, 11) is 0. The summed E-state index contributed by atoms with van der Waals surface area (Å²) in [6.45, 7) is 3.95. The molecule has 4 aromatic rings. The van der Waals surface area contributed by atoms with Crippen molar-refractivity contribution in [3.05, 3.63) is 94.8 Å². The molecule has 4 rings (SSSR count). The summed E-state index contributed by atoms with van der Waals surface area (Å²) >= 11 is 6.17. The molecule has 1 heterocycles. The Hall–Kier alpha value is -3.44. The molecule has 0 saturated carbocycles. The van der Waals surface area contributed by atoms with Crippen LogP contribution in [0.2, 0.25) is 5.02 Å². The Morgan fingerprint density at radius 2 is 1.72 bits per heavy atom. The van der Waals surface area contributed by atoms with Gasteiger partial charge in [0, 0.05) is 16.3 Å². The number of rotatable bonds is 4. The smallest absolute Gasteiger partial charge is 0.295 e. The predicted octanol–water partition coefficient (Wildman–Crippen LogP) is 5.46. The first-order valence-electron chi connectivity index (χ1n) is 9.18. The molecule has 1 amide bonds. The van der Waals surface area contributed by atoms with E-state index in [9.17, 15) is 4.79 Å². The molecule has 0 aliphatic carbocycles. The maximum atomic E-state index is 12.8.